The molecule has 90 valence electrons. The van der Waals surface area contributed by atoms with Gasteiger partial charge in [-0.1, -0.05) is 11.6 Å². The van der Waals surface area contributed by atoms with Gasteiger partial charge in [0.1, 0.15) is 5.82 Å². The summed E-state index contributed by atoms with van der Waals surface area (Å²) in [7, 11) is 2.03. The number of nitrogens with zero attached hydrogens (tertiary/aromatic N) is 2. The summed E-state index contributed by atoms with van der Waals surface area (Å²) in [5.41, 5.74) is 0.161. The summed E-state index contributed by atoms with van der Waals surface area (Å²) in [6, 6.07) is 3.79. The quantitative estimate of drug-likeness (QED) is 0.878. The van der Waals surface area contributed by atoms with Crippen LogP contribution in [0, 0.1) is 0 Å². The van der Waals surface area contributed by atoms with Gasteiger partial charge in [-0.2, -0.15) is 0 Å². The van der Waals surface area contributed by atoms with Crippen LogP contribution in [0.4, 0.5) is 5.82 Å². The highest BCUT2D eigenvalue weighted by atomic mass is 35.5. The highest BCUT2D eigenvalue weighted by Gasteiger charge is 2.09. The van der Waals surface area contributed by atoms with Gasteiger partial charge in [-0.05, 0) is 32.9 Å². The van der Waals surface area contributed by atoms with E-state index in [4.69, 9.17) is 11.6 Å². The van der Waals surface area contributed by atoms with Crippen LogP contribution in [0.1, 0.15) is 20.8 Å². The Morgan fingerprint density at radius 3 is 2.56 bits per heavy atom. The van der Waals surface area contributed by atoms with Crippen molar-refractivity contribution in [2.24, 2.45) is 0 Å². The average Bonchev–Trinajstić information content (AvgIpc) is 2.16. The molecule has 0 aliphatic carbocycles. The molecule has 3 nitrogen and oxygen atoms in total. The highest BCUT2D eigenvalue weighted by molar-refractivity contribution is 6.30. The van der Waals surface area contributed by atoms with Crippen LogP contribution < -0.4 is 10.2 Å². The van der Waals surface area contributed by atoms with E-state index in [9.17, 15) is 0 Å². The number of aromatic nitrogens is 1. The summed E-state index contributed by atoms with van der Waals surface area (Å²) in [6.45, 7) is 8.34. The van der Waals surface area contributed by atoms with E-state index in [-0.39, 0.29) is 5.54 Å². The van der Waals surface area contributed by atoms with Crippen molar-refractivity contribution in [3.8, 4) is 0 Å². The van der Waals surface area contributed by atoms with Crippen molar-refractivity contribution in [2.45, 2.75) is 26.3 Å². The van der Waals surface area contributed by atoms with E-state index in [2.05, 4.69) is 36.0 Å². The molecule has 0 aliphatic heterocycles. The van der Waals surface area contributed by atoms with Gasteiger partial charge in [-0.25, -0.2) is 4.98 Å². The smallest absolute Gasteiger partial charge is 0.128 e. The Labute approximate surface area is 103 Å². The Hall–Kier alpha value is -0.800. The first-order valence-corrected chi connectivity index (χ1v) is 5.84. The molecule has 0 saturated heterocycles. The Balaban J connectivity index is 2.41. The van der Waals surface area contributed by atoms with Gasteiger partial charge in [0.15, 0.2) is 0 Å². The van der Waals surface area contributed by atoms with Crippen molar-refractivity contribution in [3.63, 3.8) is 0 Å². The van der Waals surface area contributed by atoms with Gasteiger partial charge in [0.25, 0.3) is 0 Å². The second kappa shape index (κ2) is 5.51. The molecule has 1 N–H and O–H groups in total. The van der Waals surface area contributed by atoms with Crippen LogP contribution >= 0.6 is 11.6 Å². The lowest BCUT2D eigenvalue weighted by Gasteiger charge is -2.24. The van der Waals surface area contributed by atoms with Crippen molar-refractivity contribution in [1.29, 1.82) is 0 Å². The largest absolute Gasteiger partial charge is 0.358 e. The molecule has 1 aromatic heterocycles. The number of hydrogen-bond donors (Lipinski definition) is 1. The molecule has 0 radical (unpaired) electrons. The van der Waals surface area contributed by atoms with Crippen molar-refractivity contribution in [1.82, 2.24) is 10.3 Å². The zero-order valence-corrected chi connectivity index (χ0v) is 11.2. The Kier molecular flexibility index (Phi) is 4.56. The standard InChI is InChI=1S/C12H20ClN3/c1-12(2,3)15-7-8-16(4)11-6-5-10(13)9-14-11/h5-6,9,15H,7-8H2,1-4H3. The molecule has 0 aliphatic rings. The molecular formula is C12H20ClN3. The Morgan fingerprint density at radius 2 is 2.06 bits per heavy atom. The number of anilines is 1. The lowest BCUT2D eigenvalue weighted by atomic mass is 10.1. The van der Waals surface area contributed by atoms with Gasteiger partial charge in [0.05, 0.1) is 5.02 Å². The maximum atomic E-state index is 5.79. The summed E-state index contributed by atoms with van der Waals surface area (Å²) < 4.78 is 0. The number of rotatable bonds is 4. The topological polar surface area (TPSA) is 28.2 Å². The lowest BCUT2D eigenvalue weighted by molar-refractivity contribution is 0.430. The van der Waals surface area contributed by atoms with Gasteiger partial charge in [-0.3, -0.25) is 0 Å². The summed E-state index contributed by atoms with van der Waals surface area (Å²) in [5, 5.41) is 4.11. The van der Waals surface area contributed by atoms with E-state index in [1.165, 1.54) is 0 Å². The number of likely N-dealkylation sites (N-methyl/N-ethyl adjacent to an activating group) is 1. The van der Waals surface area contributed by atoms with Gasteiger partial charge in [-0.15, -0.1) is 0 Å². The molecule has 0 bridgehead atoms. The zero-order chi connectivity index (χ0) is 12.2. The maximum Gasteiger partial charge on any atom is 0.128 e. The minimum absolute atomic E-state index is 0.161. The number of nitrogens with one attached hydrogen (secondary N) is 1. The van der Waals surface area contributed by atoms with Crippen LogP contribution in [-0.4, -0.2) is 30.7 Å². The average molecular weight is 242 g/mol. The number of hydrogen-bond acceptors (Lipinski definition) is 3. The van der Waals surface area contributed by atoms with E-state index in [0.717, 1.165) is 18.9 Å². The molecule has 1 aromatic rings. The fraction of sp³-hybridized carbons (Fsp3) is 0.583. The monoisotopic (exact) mass is 241 g/mol. The normalized spacial score (nSPS) is 11.6. The van der Waals surface area contributed by atoms with Crippen LogP contribution in [0.15, 0.2) is 18.3 Å². The third-order valence-electron chi connectivity index (χ3n) is 2.21. The van der Waals surface area contributed by atoms with Gasteiger partial charge in [0.2, 0.25) is 0 Å². The SMILES string of the molecule is CN(CCNC(C)(C)C)c1ccc(Cl)cn1. The van der Waals surface area contributed by atoms with Crippen LogP contribution in [0.5, 0.6) is 0 Å². The first-order chi connectivity index (χ1) is 7.38. The summed E-state index contributed by atoms with van der Waals surface area (Å²) in [6.07, 6.45) is 1.67. The lowest BCUT2D eigenvalue weighted by Crippen LogP contribution is -2.40. The van der Waals surface area contributed by atoms with Crippen molar-refractivity contribution in [3.05, 3.63) is 23.4 Å². The number of halogens is 1. The maximum absolute atomic E-state index is 5.79. The Bertz CT molecular complexity index is 316. The van der Waals surface area contributed by atoms with Crippen LogP contribution in [0.25, 0.3) is 0 Å². The predicted molar refractivity (Wildman–Crippen MR) is 70.3 cm³/mol. The summed E-state index contributed by atoms with van der Waals surface area (Å²) >= 11 is 5.79. The van der Waals surface area contributed by atoms with E-state index < -0.39 is 0 Å². The minimum Gasteiger partial charge on any atom is -0.358 e. The molecule has 0 saturated carbocycles. The molecule has 4 heteroatoms. The molecule has 0 atom stereocenters. The summed E-state index contributed by atoms with van der Waals surface area (Å²) in [4.78, 5) is 6.37. The molecule has 16 heavy (non-hydrogen) atoms. The predicted octanol–water partition coefficient (Wildman–Crippen LogP) is 2.56. The van der Waals surface area contributed by atoms with Crippen LogP contribution in [0.2, 0.25) is 5.02 Å². The van der Waals surface area contributed by atoms with Crippen molar-refractivity contribution >= 4 is 17.4 Å². The molecule has 0 aromatic carbocycles. The Morgan fingerprint density at radius 1 is 1.38 bits per heavy atom. The fourth-order valence-corrected chi connectivity index (χ4v) is 1.42. The van der Waals surface area contributed by atoms with E-state index in [0.29, 0.717) is 5.02 Å². The van der Waals surface area contributed by atoms with Gasteiger partial charge >= 0.3 is 0 Å². The second-order valence-electron chi connectivity index (χ2n) is 4.93. The highest BCUT2D eigenvalue weighted by Crippen LogP contribution is 2.12. The van der Waals surface area contributed by atoms with E-state index >= 15 is 0 Å². The van der Waals surface area contributed by atoms with Gasteiger partial charge < -0.3 is 10.2 Å². The van der Waals surface area contributed by atoms with Crippen molar-refractivity contribution < 1.29 is 0 Å². The molecule has 1 heterocycles. The van der Waals surface area contributed by atoms with E-state index in [1.807, 2.05) is 19.2 Å². The molecular weight excluding hydrogens is 222 g/mol. The van der Waals surface area contributed by atoms with E-state index in [1.54, 1.807) is 6.20 Å². The fourth-order valence-electron chi connectivity index (χ4n) is 1.31. The molecule has 1 rings (SSSR count). The molecule has 0 amide bonds. The molecule has 0 fully saturated rings. The molecule has 0 unspecified atom stereocenters. The van der Waals surface area contributed by atoms with Gasteiger partial charge in [0, 0.05) is 31.9 Å². The second-order valence-corrected chi connectivity index (χ2v) is 5.37. The zero-order valence-electron chi connectivity index (χ0n) is 10.4. The third-order valence-corrected chi connectivity index (χ3v) is 2.43. The van der Waals surface area contributed by atoms with Crippen LogP contribution in [0.3, 0.4) is 0 Å². The summed E-state index contributed by atoms with van der Waals surface area (Å²) in [5.74, 6) is 0.945. The molecule has 0 spiro atoms. The first-order valence-electron chi connectivity index (χ1n) is 5.46. The number of pyridine rings is 1. The minimum atomic E-state index is 0.161. The van der Waals surface area contributed by atoms with Crippen molar-refractivity contribution in [2.75, 3.05) is 25.0 Å². The first kappa shape index (κ1) is 13.3. The third kappa shape index (κ3) is 4.81. The van der Waals surface area contributed by atoms with Crippen LogP contribution in [-0.2, 0) is 0 Å².